The fourth-order valence-electron chi connectivity index (χ4n) is 2.81. The maximum atomic E-state index is 13.8. The molecule has 0 spiro atoms. The average Bonchev–Trinajstić information content (AvgIpc) is 2.68. The highest BCUT2D eigenvalue weighted by Crippen LogP contribution is 2.19. The molecule has 28 heavy (non-hydrogen) atoms. The molecule has 2 aromatic carbocycles. The van der Waals surface area contributed by atoms with E-state index in [-0.39, 0.29) is 17.4 Å². The van der Waals surface area contributed by atoms with Crippen molar-refractivity contribution >= 4 is 17.5 Å². The van der Waals surface area contributed by atoms with E-state index in [1.165, 1.54) is 12.1 Å². The van der Waals surface area contributed by atoms with Crippen molar-refractivity contribution < 1.29 is 9.18 Å². The van der Waals surface area contributed by atoms with Gasteiger partial charge in [-0.25, -0.2) is 14.4 Å². The number of aryl methyl sites for hydroxylation is 1. The van der Waals surface area contributed by atoms with Gasteiger partial charge in [0.25, 0.3) is 5.91 Å². The lowest BCUT2D eigenvalue weighted by atomic mass is 10.2. The Morgan fingerprint density at radius 3 is 2.43 bits per heavy atom. The van der Waals surface area contributed by atoms with Crippen LogP contribution in [0.3, 0.4) is 0 Å². The van der Waals surface area contributed by atoms with Crippen LogP contribution in [-0.4, -0.2) is 21.9 Å². The van der Waals surface area contributed by atoms with Crippen LogP contribution in [0, 0.1) is 12.7 Å². The van der Waals surface area contributed by atoms with E-state index in [4.69, 9.17) is 0 Å². The van der Waals surface area contributed by atoms with E-state index < -0.39 is 11.7 Å². The first-order chi connectivity index (χ1) is 13.4. The Balaban J connectivity index is 1.88. The molecule has 1 amide bonds. The molecule has 0 aliphatic rings. The molecule has 144 valence electrons. The number of para-hydroxylation sites is 1. The first-order valence-corrected chi connectivity index (χ1v) is 9.16. The van der Waals surface area contributed by atoms with Crippen LogP contribution in [0.25, 0.3) is 0 Å². The van der Waals surface area contributed by atoms with Gasteiger partial charge in [0, 0.05) is 18.3 Å². The Morgan fingerprint density at radius 1 is 1.07 bits per heavy atom. The van der Waals surface area contributed by atoms with Crippen molar-refractivity contribution in [3.05, 3.63) is 83.4 Å². The molecule has 0 aliphatic heterocycles. The van der Waals surface area contributed by atoms with Gasteiger partial charge in [0.15, 0.2) is 0 Å². The Kier molecular flexibility index (Phi) is 5.99. The summed E-state index contributed by atoms with van der Waals surface area (Å²) in [5, 5.41) is 2.58. The van der Waals surface area contributed by atoms with Gasteiger partial charge in [0.2, 0.25) is 5.95 Å². The van der Waals surface area contributed by atoms with Gasteiger partial charge >= 0.3 is 0 Å². The van der Waals surface area contributed by atoms with Crippen LogP contribution in [0.1, 0.15) is 35.6 Å². The summed E-state index contributed by atoms with van der Waals surface area (Å²) < 4.78 is 13.8. The van der Waals surface area contributed by atoms with Crippen molar-refractivity contribution in [1.82, 2.24) is 9.97 Å². The van der Waals surface area contributed by atoms with E-state index in [0.717, 1.165) is 5.56 Å². The molecule has 0 unspecified atom stereocenters. The highest BCUT2D eigenvalue weighted by atomic mass is 19.1. The molecular formula is C22H23FN4O. The third-order valence-electron chi connectivity index (χ3n) is 4.27. The summed E-state index contributed by atoms with van der Waals surface area (Å²) in [6.45, 7) is 6.53. The number of hydrogen-bond acceptors (Lipinski definition) is 4. The van der Waals surface area contributed by atoms with Gasteiger partial charge < -0.3 is 10.2 Å². The third-order valence-corrected chi connectivity index (χ3v) is 4.27. The molecule has 0 fully saturated rings. The van der Waals surface area contributed by atoms with Crippen molar-refractivity contribution in [2.75, 3.05) is 10.2 Å². The summed E-state index contributed by atoms with van der Waals surface area (Å²) in [7, 11) is 0. The molecule has 1 N–H and O–H groups in total. The molecule has 6 heteroatoms. The van der Waals surface area contributed by atoms with Crippen LogP contribution < -0.4 is 10.2 Å². The first kappa shape index (κ1) is 19.5. The lowest BCUT2D eigenvalue weighted by Crippen LogP contribution is -2.32. The first-order valence-electron chi connectivity index (χ1n) is 9.16. The molecule has 1 heterocycles. The lowest BCUT2D eigenvalue weighted by molar-refractivity contribution is 0.102. The van der Waals surface area contributed by atoms with E-state index in [0.29, 0.717) is 18.2 Å². The summed E-state index contributed by atoms with van der Waals surface area (Å²) in [4.78, 5) is 23.6. The number of aromatic nitrogens is 2. The molecule has 0 saturated carbocycles. The Labute approximate surface area is 164 Å². The summed E-state index contributed by atoms with van der Waals surface area (Å²) in [5.41, 5.74) is 2.11. The van der Waals surface area contributed by atoms with E-state index >= 15 is 0 Å². The van der Waals surface area contributed by atoms with Crippen molar-refractivity contribution in [2.24, 2.45) is 0 Å². The zero-order chi connectivity index (χ0) is 20.1. The minimum Gasteiger partial charge on any atom is -0.334 e. The quantitative estimate of drug-likeness (QED) is 0.681. The highest BCUT2D eigenvalue weighted by Gasteiger charge is 2.18. The van der Waals surface area contributed by atoms with Gasteiger partial charge in [-0.2, -0.15) is 0 Å². The van der Waals surface area contributed by atoms with Crippen molar-refractivity contribution in [2.45, 2.75) is 33.4 Å². The largest absolute Gasteiger partial charge is 0.334 e. The van der Waals surface area contributed by atoms with Gasteiger partial charge in [-0.15, -0.1) is 0 Å². The standard InChI is InChI=1S/C22H23FN4O/c1-15(2)27(14-17-9-5-4-6-10-17)22-24-16(3)13-20(26-22)21(28)25-19-12-8-7-11-18(19)23/h4-13,15H,14H2,1-3H3,(H,25,28). The number of halogens is 1. The Morgan fingerprint density at radius 2 is 1.75 bits per heavy atom. The van der Waals surface area contributed by atoms with Gasteiger partial charge in [0.05, 0.1) is 5.69 Å². The van der Waals surface area contributed by atoms with Gasteiger partial charge in [-0.1, -0.05) is 42.5 Å². The summed E-state index contributed by atoms with van der Waals surface area (Å²) in [5.74, 6) is -0.493. The number of nitrogens with zero attached hydrogens (tertiary/aromatic N) is 3. The molecule has 0 aliphatic carbocycles. The number of hydrogen-bond donors (Lipinski definition) is 1. The molecule has 0 bridgehead atoms. The molecule has 0 saturated heterocycles. The topological polar surface area (TPSA) is 58.1 Å². The molecular weight excluding hydrogens is 355 g/mol. The number of benzene rings is 2. The van der Waals surface area contributed by atoms with Crippen LogP contribution in [0.5, 0.6) is 0 Å². The second-order valence-electron chi connectivity index (χ2n) is 6.84. The van der Waals surface area contributed by atoms with E-state index in [1.807, 2.05) is 56.0 Å². The zero-order valence-corrected chi connectivity index (χ0v) is 16.2. The SMILES string of the molecule is Cc1cc(C(=O)Nc2ccccc2F)nc(N(Cc2ccccc2)C(C)C)n1. The summed E-state index contributed by atoms with van der Waals surface area (Å²) >= 11 is 0. The van der Waals surface area contributed by atoms with Gasteiger partial charge in [0.1, 0.15) is 11.5 Å². The van der Waals surface area contributed by atoms with Gasteiger partial charge in [-0.05, 0) is 44.5 Å². The number of nitrogens with one attached hydrogen (secondary N) is 1. The zero-order valence-electron chi connectivity index (χ0n) is 16.2. The number of carbonyl (C=O) groups excluding carboxylic acids is 1. The van der Waals surface area contributed by atoms with Crippen molar-refractivity contribution in [1.29, 1.82) is 0 Å². The average molecular weight is 378 g/mol. The molecule has 3 aromatic rings. The molecule has 3 rings (SSSR count). The smallest absolute Gasteiger partial charge is 0.274 e. The summed E-state index contributed by atoms with van der Waals surface area (Å²) in [6, 6.07) is 17.8. The fourth-order valence-corrected chi connectivity index (χ4v) is 2.81. The minimum atomic E-state index is -0.491. The maximum absolute atomic E-state index is 13.8. The predicted molar refractivity (Wildman–Crippen MR) is 109 cm³/mol. The number of rotatable bonds is 6. The minimum absolute atomic E-state index is 0.121. The molecule has 1 aromatic heterocycles. The second-order valence-corrected chi connectivity index (χ2v) is 6.84. The Hall–Kier alpha value is -3.28. The van der Waals surface area contributed by atoms with Crippen LogP contribution in [0.4, 0.5) is 16.0 Å². The molecule has 0 atom stereocenters. The normalized spacial score (nSPS) is 10.8. The maximum Gasteiger partial charge on any atom is 0.274 e. The lowest BCUT2D eigenvalue weighted by Gasteiger charge is -2.27. The number of carbonyl (C=O) groups is 1. The summed E-state index contributed by atoms with van der Waals surface area (Å²) in [6.07, 6.45) is 0. The van der Waals surface area contributed by atoms with Crippen LogP contribution >= 0.6 is 0 Å². The van der Waals surface area contributed by atoms with Crippen LogP contribution in [0.2, 0.25) is 0 Å². The molecule has 5 nitrogen and oxygen atoms in total. The van der Waals surface area contributed by atoms with Crippen LogP contribution in [-0.2, 0) is 6.54 Å². The fraction of sp³-hybridized carbons (Fsp3) is 0.227. The monoisotopic (exact) mass is 378 g/mol. The van der Waals surface area contributed by atoms with E-state index in [9.17, 15) is 9.18 Å². The Bertz CT molecular complexity index is 960. The molecule has 0 radical (unpaired) electrons. The highest BCUT2D eigenvalue weighted by molar-refractivity contribution is 6.03. The number of anilines is 2. The number of amides is 1. The second kappa shape index (κ2) is 8.61. The van der Waals surface area contributed by atoms with Gasteiger partial charge in [-0.3, -0.25) is 4.79 Å². The van der Waals surface area contributed by atoms with Crippen LogP contribution in [0.15, 0.2) is 60.7 Å². The third kappa shape index (κ3) is 4.71. The van der Waals surface area contributed by atoms with Crippen molar-refractivity contribution in [3.8, 4) is 0 Å². The van der Waals surface area contributed by atoms with E-state index in [1.54, 1.807) is 18.2 Å². The van der Waals surface area contributed by atoms with E-state index in [2.05, 4.69) is 15.3 Å². The van der Waals surface area contributed by atoms with Crippen molar-refractivity contribution in [3.63, 3.8) is 0 Å². The predicted octanol–water partition coefficient (Wildman–Crippen LogP) is 4.59.